The van der Waals surface area contributed by atoms with Gasteiger partial charge in [-0.05, 0) is 30.3 Å². The van der Waals surface area contributed by atoms with E-state index in [-0.39, 0.29) is 0 Å². The zero-order valence-corrected chi connectivity index (χ0v) is 15.5. The summed E-state index contributed by atoms with van der Waals surface area (Å²) in [5, 5.41) is 0. The predicted molar refractivity (Wildman–Crippen MR) is 96.8 cm³/mol. The first-order valence-corrected chi connectivity index (χ1v) is 8.02. The third-order valence-electron chi connectivity index (χ3n) is 3.71. The van der Waals surface area contributed by atoms with Crippen molar-refractivity contribution in [1.29, 1.82) is 0 Å². The number of halogens is 2. The van der Waals surface area contributed by atoms with Gasteiger partial charge >= 0.3 is 5.97 Å². The van der Waals surface area contributed by atoms with Crippen LogP contribution in [-0.2, 0) is 9.53 Å². The van der Waals surface area contributed by atoms with Crippen LogP contribution in [0.1, 0.15) is 15.9 Å². The monoisotopic (exact) mass is 392 g/mol. The fourth-order valence-corrected chi connectivity index (χ4v) is 2.31. The third kappa shape index (κ3) is 5.06. The van der Waals surface area contributed by atoms with Gasteiger partial charge in [0, 0.05) is 17.7 Å². The smallest absolute Gasteiger partial charge is 0.331 e. The van der Waals surface area contributed by atoms with Gasteiger partial charge in [-0.25, -0.2) is 13.6 Å². The third-order valence-corrected chi connectivity index (χ3v) is 3.71. The van der Waals surface area contributed by atoms with E-state index < -0.39 is 35.6 Å². The van der Waals surface area contributed by atoms with Crippen LogP contribution in [-0.4, -0.2) is 39.7 Å². The number of Topliss-reactive ketones (excluding diaryl/α,β-unsaturated/α-hetero) is 1. The number of methoxy groups -OCH3 is 3. The Balaban J connectivity index is 2.07. The molecule has 0 aromatic heterocycles. The summed E-state index contributed by atoms with van der Waals surface area (Å²) in [7, 11) is 4.38. The van der Waals surface area contributed by atoms with E-state index >= 15 is 0 Å². The molecule has 2 aromatic rings. The van der Waals surface area contributed by atoms with Gasteiger partial charge < -0.3 is 18.9 Å². The van der Waals surface area contributed by atoms with Gasteiger partial charge in [0.1, 0.15) is 17.4 Å². The highest BCUT2D eigenvalue weighted by atomic mass is 19.1. The summed E-state index contributed by atoms with van der Waals surface area (Å²) in [5.74, 6) is -2.08. The zero-order chi connectivity index (χ0) is 20.7. The Hall–Kier alpha value is -3.42. The highest BCUT2D eigenvalue weighted by molar-refractivity contribution is 5.99. The van der Waals surface area contributed by atoms with Gasteiger partial charge in [0.05, 0.1) is 26.9 Å². The lowest BCUT2D eigenvalue weighted by Crippen LogP contribution is -2.14. The van der Waals surface area contributed by atoms with Crippen molar-refractivity contribution in [3.63, 3.8) is 0 Å². The van der Waals surface area contributed by atoms with Gasteiger partial charge in [-0.15, -0.1) is 0 Å². The molecule has 0 radical (unpaired) electrons. The molecule has 0 heterocycles. The first-order chi connectivity index (χ1) is 13.4. The van der Waals surface area contributed by atoms with Crippen LogP contribution >= 0.6 is 0 Å². The average molecular weight is 392 g/mol. The molecule has 0 spiro atoms. The van der Waals surface area contributed by atoms with Gasteiger partial charge in [-0.2, -0.15) is 0 Å². The summed E-state index contributed by atoms with van der Waals surface area (Å²) in [6, 6.07) is 5.63. The van der Waals surface area contributed by atoms with Crippen LogP contribution in [0.15, 0.2) is 36.4 Å². The second kappa shape index (κ2) is 9.50. The summed E-state index contributed by atoms with van der Waals surface area (Å²) in [6.45, 7) is -0.730. The van der Waals surface area contributed by atoms with Crippen molar-refractivity contribution in [3.8, 4) is 17.2 Å². The molecule has 0 aliphatic carbocycles. The molecule has 148 valence electrons. The fraction of sp³-hybridized carbons (Fsp3) is 0.200. The number of ether oxygens (including phenoxy) is 4. The van der Waals surface area contributed by atoms with E-state index in [1.54, 1.807) is 12.1 Å². The van der Waals surface area contributed by atoms with E-state index in [0.29, 0.717) is 22.8 Å². The quantitative estimate of drug-likeness (QED) is 0.389. The minimum Gasteiger partial charge on any atom is -0.496 e. The molecular formula is C20H18F2O6. The van der Waals surface area contributed by atoms with E-state index in [9.17, 15) is 18.4 Å². The van der Waals surface area contributed by atoms with E-state index in [0.717, 1.165) is 24.3 Å². The second-order valence-electron chi connectivity index (χ2n) is 5.44. The van der Waals surface area contributed by atoms with Crippen molar-refractivity contribution in [2.75, 3.05) is 27.9 Å². The maximum atomic E-state index is 13.6. The summed E-state index contributed by atoms with van der Waals surface area (Å²) >= 11 is 0. The van der Waals surface area contributed by atoms with Crippen molar-refractivity contribution < 1.29 is 37.3 Å². The van der Waals surface area contributed by atoms with Gasteiger partial charge in [0.2, 0.25) is 5.78 Å². The summed E-state index contributed by atoms with van der Waals surface area (Å²) < 4.78 is 47.1. The molecule has 2 rings (SSSR count). The van der Waals surface area contributed by atoms with E-state index in [1.165, 1.54) is 27.4 Å². The Morgan fingerprint density at radius 1 is 0.929 bits per heavy atom. The molecular weight excluding hydrogens is 374 g/mol. The number of rotatable bonds is 8. The van der Waals surface area contributed by atoms with Gasteiger partial charge in [-0.3, -0.25) is 4.79 Å². The van der Waals surface area contributed by atoms with Crippen molar-refractivity contribution in [2.24, 2.45) is 0 Å². The van der Waals surface area contributed by atoms with E-state index in [4.69, 9.17) is 18.9 Å². The maximum Gasteiger partial charge on any atom is 0.331 e. The van der Waals surface area contributed by atoms with Crippen molar-refractivity contribution >= 4 is 17.8 Å². The van der Waals surface area contributed by atoms with Crippen LogP contribution in [0.5, 0.6) is 17.2 Å². The number of hydrogen-bond acceptors (Lipinski definition) is 6. The molecule has 0 N–H and O–H groups in total. The standard InChI is InChI=1S/C20H18F2O6/c1-25-17-10-19(27-3)18(26-2)8-12(17)4-7-20(24)28-11-16(23)14-9-13(21)5-6-15(14)22/h4-10H,11H2,1-3H3/b7-4+. The van der Waals surface area contributed by atoms with E-state index in [2.05, 4.69) is 0 Å². The highest BCUT2D eigenvalue weighted by Gasteiger charge is 2.15. The normalized spacial score (nSPS) is 10.6. The Labute approximate surface area is 160 Å². The number of ketones is 1. The number of hydrogen-bond donors (Lipinski definition) is 0. The number of carbonyl (C=O) groups is 2. The van der Waals surface area contributed by atoms with Gasteiger partial charge in [0.25, 0.3) is 0 Å². The molecule has 0 bridgehead atoms. The first-order valence-electron chi connectivity index (χ1n) is 8.02. The van der Waals surface area contributed by atoms with Crippen molar-refractivity contribution in [1.82, 2.24) is 0 Å². The van der Waals surface area contributed by atoms with E-state index in [1.807, 2.05) is 0 Å². The number of benzene rings is 2. The molecule has 0 saturated carbocycles. The molecule has 0 aliphatic heterocycles. The lowest BCUT2D eigenvalue weighted by molar-refractivity contribution is -0.136. The zero-order valence-electron chi connectivity index (χ0n) is 15.5. The maximum absolute atomic E-state index is 13.6. The summed E-state index contributed by atoms with van der Waals surface area (Å²) in [4.78, 5) is 23.7. The lowest BCUT2D eigenvalue weighted by Gasteiger charge is -2.12. The minimum atomic E-state index is -0.895. The van der Waals surface area contributed by atoms with Crippen LogP contribution in [0.3, 0.4) is 0 Å². The van der Waals surface area contributed by atoms with Crippen LogP contribution in [0.2, 0.25) is 0 Å². The molecule has 28 heavy (non-hydrogen) atoms. The predicted octanol–water partition coefficient (Wildman–Crippen LogP) is 3.43. The van der Waals surface area contributed by atoms with Crippen LogP contribution < -0.4 is 14.2 Å². The molecule has 0 aliphatic rings. The number of esters is 1. The number of carbonyl (C=O) groups excluding carboxylic acids is 2. The van der Waals surface area contributed by atoms with Crippen molar-refractivity contribution in [3.05, 3.63) is 59.2 Å². The van der Waals surface area contributed by atoms with Gasteiger partial charge in [-0.1, -0.05) is 0 Å². The highest BCUT2D eigenvalue weighted by Crippen LogP contribution is 2.35. The largest absolute Gasteiger partial charge is 0.496 e. The second-order valence-corrected chi connectivity index (χ2v) is 5.44. The van der Waals surface area contributed by atoms with Crippen molar-refractivity contribution in [2.45, 2.75) is 0 Å². The lowest BCUT2D eigenvalue weighted by atomic mass is 10.1. The topological polar surface area (TPSA) is 71.1 Å². The Bertz CT molecular complexity index is 908. The fourth-order valence-electron chi connectivity index (χ4n) is 2.31. The Morgan fingerprint density at radius 2 is 1.57 bits per heavy atom. The Morgan fingerprint density at radius 3 is 2.21 bits per heavy atom. The molecule has 0 amide bonds. The Kier molecular flexibility index (Phi) is 7.08. The summed E-state index contributed by atoms with van der Waals surface area (Å²) in [6.07, 6.45) is 2.47. The average Bonchev–Trinajstić information content (AvgIpc) is 2.71. The molecule has 2 aromatic carbocycles. The van der Waals surface area contributed by atoms with Crippen LogP contribution in [0.4, 0.5) is 8.78 Å². The molecule has 0 saturated heterocycles. The van der Waals surface area contributed by atoms with Crippen LogP contribution in [0.25, 0.3) is 6.08 Å². The molecule has 8 heteroatoms. The molecule has 0 unspecified atom stereocenters. The SMILES string of the molecule is COc1cc(OC)c(OC)cc1/C=C/C(=O)OCC(=O)c1cc(F)ccc1F. The molecule has 6 nitrogen and oxygen atoms in total. The first kappa shape index (κ1) is 20.9. The van der Waals surface area contributed by atoms with Gasteiger partial charge in [0.15, 0.2) is 18.1 Å². The van der Waals surface area contributed by atoms with Crippen LogP contribution in [0, 0.1) is 11.6 Å². The molecule has 0 atom stereocenters. The summed E-state index contributed by atoms with van der Waals surface area (Å²) in [5.41, 5.74) is 0.0120. The minimum absolute atomic E-state index is 0.416. The molecule has 0 fully saturated rings.